The van der Waals surface area contributed by atoms with Crippen LogP contribution in [0.3, 0.4) is 0 Å². The maximum atomic E-state index is 5.72. The molecule has 0 N–H and O–H groups in total. The molecule has 0 radical (unpaired) electrons. The molecule has 4 heteroatoms. The molecule has 0 saturated heterocycles. The first-order chi connectivity index (χ1) is 6.22. The lowest BCUT2D eigenvalue weighted by Crippen LogP contribution is -1.94. The van der Waals surface area contributed by atoms with Gasteiger partial charge < -0.3 is 9.47 Å². The van der Waals surface area contributed by atoms with E-state index in [0.29, 0.717) is 5.88 Å². The number of hydrogen-bond acceptors (Lipinski definition) is 2. The molecule has 1 aromatic carbocycles. The fourth-order valence-corrected chi connectivity index (χ4v) is 1.91. The largest absolute Gasteiger partial charge is 0.495 e. The fourth-order valence-electron chi connectivity index (χ4n) is 1.00. The molecule has 1 rings (SSSR count). The van der Waals surface area contributed by atoms with E-state index in [4.69, 9.17) is 21.1 Å². The smallest absolute Gasteiger partial charge is 0.136 e. The zero-order valence-electron chi connectivity index (χ0n) is 7.43. The summed E-state index contributed by atoms with van der Waals surface area (Å²) < 4.78 is 11.3. The second kappa shape index (κ2) is 4.91. The van der Waals surface area contributed by atoms with Gasteiger partial charge in [0.15, 0.2) is 0 Å². The zero-order chi connectivity index (χ0) is 9.84. The van der Waals surface area contributed by atoms with Gasteiger partial charge in [-0.25, -0.2) is 0 Å². The predicted molar refractivity (Wildman–Crippen MR) is 61.8 cm³/mol. The van der Waals surface area contributed by atoms with E-state index in [1.807, 2.05) is 12.1 Å². The van der Waals surface area contributed by atoms with Gasteiger partial charge in [-0.3, -0.25) is 0 Å². The highest BCUT2D eigenvalue weighted by atomic mass is 127. The monoisotopic (exact) mass is 312 g/mol. The van der Waals surface area contributed by atoms with Crippen LogP contribution in [0.1, 0.15) is 5.56 Å². The van der Waals surface area contributed by atoms with Crippen LogP contribution in [-0.2, 0) is 5.88 Å². The molecule has 0 bridgehead atoms. The number of benzene rings is 1. The quantitative estimate of drug-likeness (QED) is 0.631. The van der Waals surface area contributed by atoms with E-state index < -0.39 is 0 Å². The topological polar surface area (TPSA) is 18.5 Å². The van der Waals surface area contributed by atoms with Crippen molar-refractivity contribution in [3.05, 3.63) is 21.3 Å². The van der Waals surface area contributed by atoms with Gasteiger partial charge >= 0.3 is 0 Å². The summed E-state index contributed by atoms with van der Waals surface area (Å²) in [5, 5.41) is 0. The maximum absolute atomic E-state index is 5.72. The summed E-state index contributed by atoms with van der Waals surface area (Å²) in [7, 11) is 3.27. The van der Waals surface area contributed by atoms with Crippen molar-refractivity contribution in [2.75, 3.05) is 14.2 Å². The van der Waals surface area contributed by atoms with Crippen molar-refractivity contribution >= 4 is 34.2 Å². The summed E-state index contributed by atoms with van der Waals surface area (Å²) in [6, 6.07) is 3.83. The van der Waals surface area contributed by atoms with Crippen LogP contribution >= 0.6 is 34.2 Å². The molecule has 13 heavy (non-hydrogen) atoms. The highest BCUT2D eigenvalue weighted by molar-refractivity contribution is 14.1. The van der Waals surface area contributed by atoms with Crippen LogP contribution in [0.15, 0.2) is 12.1 Å². The Labute approximate surface area is 96.3 Å². The molecule has 0 aliphatic carbocycles. The Bertz CT molecular complexity index is 277. The van der Waals surface area contributed by atoms with Gasteiger partial charge in [0.1, 0.15) is 11.5 Å². The van der Waals surface area contributed by atoms with Crippen molar-refractivity contribution in [1.29, 1.82) is 0 Å². The van der Waals surface area contributed by atoms with E-state index >= 15 is 0 Å². The lowest BCUT2D eigenvalue weighted by atomic mass is 10.2. The first-order valence-electron chi connectivity index (χ1n) is 3.69. The third-order valence-corrected chi connectivity index (χ3v) is 3.03. The summed E-state index contributed by atoms with van der Waals surface area (Å²) in [5.41, 5.74) is 0.996. The van der Waals surface area contributed by atoms with Crippen molar-refractivity contribution < 1.29 is 9.47 Å². The normalized spacial score (nSPS) is 9.85. The minimum atomic E-state index is 0.462. The molecule has 0 amide bonds. The number of halogens is 2. The molecule has 2 nitrogen and oxygen atoms in total. The van der Waals surface area contributed by atoms with Gasteiger partial charge in [-0.15, -0.1) is 11.6 Å². The zero-order valence-corrected chi connectivity index (χ0v) is 10.3. The fraction of sp³-hybridized carbons (Fsp3) is 0.333. The third kappa shape index (κ3) is 2.40. The van der Waals surface area contributed by atoms with Crippen molar-refractivity contribution in [2.24, 2.45) is 0 Å². The Morgan fingerprint density at radius 2 is 1.69 bits per heavy atom. The number of ether oxygens (including phenoxy) is 2. The van der Waals surface area contributed by atoms with Crippen LogP contribution in [0, 0.1) is 3.57 Å². The summed E-state index contributed by atoms with van der Waals surface area (Å²) in [6.45, 7) is 0. The van der Waals surface area contributed by atoms with Gasteiger partial charge in [-0.05, 0) is 40.3 Å². The molecule has 1 aromatic rings. The number of rotatable bonds is 3. The van der Waals surface area contributed by atoms with E-state index in [9.17, 15) is 0 Å². The average Bonchev–Trinajstić information content (AvgIpc) is 2.18. The number of hydrogen-bond donors (Lipinski definition) is 0. The molecule has 72 valence electrons. The second-order valence-corrected chi connectivity index (χ2v) is 3.79. The van der Waals surface area contributed by atoms with Crippen LogP contribution in [0.5, 0.6) is 11.5 Å². The van der Waals surface area contributed by atoms with Crippen LogP contribution in [0.2, 0.25) is 0 Å². The molecule has 0 spiro atoms. The number of alkyl halides is 1. The van der Waals surface area contributed by atoms with Gasteiger partial charge in [0.05, 0.1) is 17.8 Å². The molecular formula is C9H10ClIO2. The van der Waals surface area contributed by atoms with E-state index in [0.717, 1.165) is 20.6 Å². The summed E-state index contributed by atoms with van der Waals surface area (Å²) in [6.07, 6.45) is 0. The maximum Gasteiger partial charge on any atom is 0.136 e. The van der Waals surface area contributed by atoms with Crippen molar-refractivity contribution in [3.63, 3.8) is 0 Å². The van der Waals surface area contributed by atoms with Crippen LogP contribution < -0.4 is 9.47 Å². The third-order valence-electron chi connectivity index (χ3n) is 1.66. The Hall–Kier alpha value is -0.160. The second-order valence-electron chi connectivity index (χ2n) is 2.45. The molecule has 0 atom stereocenters. The van der Waals surface area contributed by atoms with Gasteiger partial charge in [-0.1, -0.05) is 0 Å². The Morgan fingerprint density at radius 1 is 1.23 bits per heavy atom. The van der Waals surface area contributed by atoms with Crippen molar-refractivity contribution in [1.82, 2.24) is 0 Å². The molecule has 0 heterocycles. The first-order valence-corrected chi connectivity index (χ1v) is 5.30. The van der Waals surface area contributed by atoms with E-state index in [2.05, 4.69) is 22.6 Å². The van der Waals surface area contributed by atoms with E-state index in [1.165, 1.54) is 0 Å². The first kappa shape index (κ1) is 10.9. The standard InChI is InChI=1S/C9H10ClIO2/c1-12-7-3-6(5-10)4-8(13-2)9(7)11/h3-4H,5H2,1-2H3. The van der Waals surface area contributed by atoms with E-state index in [1.54, 1.807) is 14.2 Å². The Kier molecular flexibility index (Phi) is 4.12. The predicted octanol–water partition coefficient (Wildman–Crippen LogP) is 3.05. The number of methoxy groups -OCH3 is 2. The minimum absolute atomic E-state index is 0.462. The Morgan fingerprint density at radius 3 is 2.00 bits per heavy atom. The molecule has 0 saturated carbocycles. The average molecular weight is 313 g/mol. The molecule has 0 aliphatic rings. The molecule has 0 aromatic heterocycles. The van der Waals surface area contributed by atoms with Crippen LogP contribution in [0.4, 0.5) is 0 Å². The van der Waals surface area contributed by atoms with Crippen molar-refractivity contribution in [2.45, 2.75) is 5.88 Å². The van der Waals surface area contributed by atoms with Crippen LogP contribution in [-0.4, -0.2) is 14.2 Å². The lowest BCUT2D eigenvalue weighted by molar-refractivity contribution is 0.388. The van der Waals surface area contributed by atoms with Gasteiger partial charge in [0, 0.05) is 5.88 Å². The van der Waals surface area contributed by atoms with Gasteiger partial charge in [-0.2, -0.15) is 0 Å². The lowest BCUT2D eigenvalue weighted by Gasteiger charge is -2.09. The molecule has 0 fully saturated rings. The summed E-state index contributed by atoms with van der Waals surface area (Å²) in [5.74, 6) is 2.06. The van der Waals surface area contributed by atoms with Gasteiger partial charge in [0.2, 0.25) is 0 Å². The van der Waals surface area contributed by atoms with Crippen molar-refractivity contribution in [3.8, 4) is 11.5 Å². The van der Waals surface area contributed by atoms with E-state index in [-0.39, 0.29) is 0 Å². The minimum Gasteiger partial charge on any atom is -0.495 e. The molecular weight excluding hydrogens is 302 g/mol. The van der Waals surface area contributed by atoms with Crippen LogP contribution in [0.25, 0.3) is 0 Å². The van der Waals surface area contributed by atoms with Gasteiger partial charge in [0.25, 0.3) is 0 Å². The summed E-state index contributed by atoms with van der Waals surface area (Å²) in [4.78, 5) is 0. The molecule has 0 unspecified atom stereocenters. The molecule has 0 aliphatic heterocycles. The Balaban J connectivity index is 3.20. The SMILES string of the molecule is COc1cc(CCl)cc(OC)c1I. The summed E-state index contributed by atoms with van der Waals surface area (Å²) >= 11 is 7.90. The highest BCUT2D eigenvalue weighted by Gasteiger charge is 2.08. The highest BCUT2D eigenvalue weighted by Crippen LogP contribution is 2.32.